The zero-order chi connectivity index (χ0) is 17.8. The zero-order valence-electron chi connectivity index (χ0n) is 13.3. The van der Waals surface area contributed by atoms with E-state index < -0.39 is 5.97 Å². The van der Waals surface area contributed by atoms with Crippen LogP contribution in [0.5, 0.6) is 0 Å². The van der Waals surface area contributed by atoms with Crippen LogP contribution in [0.2, 0.25) is 10.0 Å². The summed E-state index contributed by atoms with van der Waals surface area (Å²) in [6.07, 6.45) is 3.30. The van der Waals surface area contributed by atoms with Gasteiger partial charge in [-0.25, -0.2) is 9.67 Å². The smallest absolute Gasteiger partial charge is 0.327 e. The van der Waals surface area contributed by atoms with Gasteiger partial charge < -0.3 is 4.74 Å². The van der Waals surface area contributed by atoms with Crippen LogP contribution in [0.25, 0.3) is 22.8 Å². The predicted octanol–water partition coefficient (Wildman–Crippen LogP) is 3.88. The maximum atomic E-state index is 11.9. The van der Waals surface area contributed by atoms with Crippen molar-refractivity contribution in [3.63, 3.8) is 0 Å². The van der Waals surface area contributed by atoms with Crippen molar-refractivity contribution in [3.05, 3.63) is 52.8 Å². The van der Waals surface area contributed by atoms with E-state index in [1.807, 2.05) is 0 Å². The summed E-state index contributed by atoms with van der Waals surface area (Å²) < 4.78 is 6.49. The van der Waals surface area contributed by atoms with Crippen LogP contribution >= 0.6 is 23.2 Å². The summed E-state index contributed by atoms with van der Waals surface area (Å²) in [7, 11) is 0. The maximum Gasteiger partial charge on any atom is 0.327 e. The first kappa shape index (κ1) is 17.4. The lowest BCUT2D eigenvalue weighted by atomic mass is 10.2. The van der Waals surface area contributed by atoms with Crippen molar-refractivity contribution < 1.29 is 9.53 Å². The molecule has 0 atom stereocenters. The number of nitrogens with zero attached hydrogens (tertiary/aromatic N) is 4. The van der Waals surface area contributed by atoms with Gasteiger partial charge in [0.1, 0.15) is 6.54 Å². The minimum atomic E-state index is -0.400. The van der Waals surface area contributed by atoms with Gasteiger partial charge in [-0.15, -0.1) is 5.10 Å². The molecule has 2 heterocycles. The van der Waals surface area contributed by atoms with E-state index in [0.29, 0.717) is 33.9 Å². The highest BCUT2D eigenvalue weighted by Crippen LogP contribution is 2.28. The van der Waals surface area contributed by atoms with Gasteiger partial charge in [-0.05, 0) is 37.3 Å². The Labute approximate surface area is 154 Å². The molecule has 1 aromatic carbocycles. The molecule has 128 valence electrons. The van der Waals surface area contributed by atoms with Crippen LogP contribution in [-0.2, 0) is 16.1 Å². The van der Waals surface area contributed by atoms with Gasteiger partial charge in [-0.3, -0.25) is 9.78 Å². The fourth-order valence-corrected chi connectivity index (χ4v) is 2.83. The number of pyridine rings is 1. The molecule has 0 saturated heterocycles. The second kappa shape index (κ2) is 7.63. The van der Waals surface area contributed by atoms with Gasteiger partial charge in [-0.1, -0.05) is 23.2 Å². The fraction of sp³-hybridized carbons (Fsp3) is 0.176. The summed E-state index contributed by atoms with van der Waals surface area (Å²) >= 11 is 12.2. The number of esters is 1. The Bertz CT molecular complexity index is 877. The molecule has 0 aliphatic heterocycles. The average Bonchev–Trinajstić information content (AvgIpc) is 2.99. The Balaban J connectivity index is 2.08. The van der Waals surface area contributed by atoms with Gasteiger partial charge in [0.2, 0.25) is 0 Å². The number of benzene rings is 1. The molecule has 8 heteroatoms. The van der Waals surface area contributed by atoms with E-state index in [0.717, 1.165) is 5.56 Å². The molecule has 0 amide bonds. The SMILES string of the molecule is CCOC(=O)Cn1nc(-c2ccncc2)nc1-c1cc(Cl)cc(Cl)c1. The molecule has 0 N–H and O–H groups in total. The number of carbonyl (C=O) groups is 1. The number of aromatic nitrogens is 4. The number of hydrogen-bond acceptors (Lipinski definition) is 5. The summed E-state index contributed by atoms with van der Waals surface area (Å²) in [5.41, 5.74) is 1.45. The zero-order valence-corrected chi connectivity index (χ0v) is 14.8. The third-order valence-electron chi connectivity index (χ3n) is 3.32. The number of rotatable bonds is 5. The lowest BCUT2D eigenvalue weighted by Gasteiger charge is -2.06. The normalized spacial score (nSPS) is 10.7. The number of ether oxygens (including phenoxy) is 1. The Kier molecular flexibility index (Phi) is 5.31. The van der Waals surface area contributed by atoms with Gasteiger partial charge in [-0.2, -0.15) is 0 Å². The van der Waals surface area contributed by atoms with Crippen LogP contribution in [0, 0.1) is 0 Å². The molecule has 3 aromatic rings. The number of halogens is 2. The number of hydrogen-bond donors (Lipinski definition) is 0. The van der Waals surface area contributed by atoms with Crippen LogP contribution in [-0.4, -0.2) is 32.3 Å². The third-order valence-corrected chi connectivity index (χ3v) is 3.75. The minimum absolute atomic E-state index is 0.0641. The Morgan fingerprint density at radius 3 is 2.44 bits per heavy atom. The second-order valence-corrected chi connectivity index (χ2v) is 5.99. The first-order valence-corrected chi connectivity index (χ1v) is 8.29. The fourth-order valence-electron chi connectivity index (χ4n) is 2.30. The highest BCUT2D eigenvalue weighted by Gasteiger charge is 2.17. The van der Waals surface area contributed by atoms with Crippen molar-refractivity contribution >= 4 is 29.2 Å². The maximum absolute atomic E-state index is 11.9. The standard InChI is InChI=1S/C17H14Cl2N4O2/c1-2-25-15(24)10-23-17(12-7-13(18)9-14(19)8-12)21-16(22-23)11-3-5-20-6-4-11/h3-9H,2,10H2,1H3. The van der Waals surface area contributed by atoms with Crippen LogP contribution in [0.1, 0.15) is 6.92 Å². The molecule has 2 aromatic heterocycles. The second-order valence-electron chi connectivity index (χ2n) is 5.12. The third kappa shape index (κ3) is 4.15. The molecule has 6 nitrogen and oxygen atoms in total. The molecular weight excluding hydrogens is 363 g/mol. The molecule has 25 heavy (non-hydrogen) atoms. The lowest BCUT2D eigenvalue weighted by Crippen LogP contribution is -2.15. The predicted molar refractivity (Wildman–Crippen MR) is 95.3 cm³/mol. The molecular formula is C17H14Cl2N4O2. The van der Waals surface area contributed by atoms with Gasteiger partial charge in [0.05, 0.1) is 6.61 Å². The minimum Gasteiger partial charge on any atom is -0.465 e. The molecule has 0 aliphatic rings. The van der Waals surface area contributed by atoms with E-state index in [2.05, 4.69) is 15.1 Å². The van der Waals surface area contributed by atoms with Crippen molar-refractivity contribution in [1.82, 2.24) is 19.7 Å². The van der Waals surface area contributed by atoms with Crippen molar-refractivity contribution in [1.29, 1.82) is 0 Å². The molecule has 0 saturated carbocycles. The van der Waals surface area contributed by atoms with Crippen LogP contribution in [0.15, 0.2) is 42.7 Å². The molecule has 0 aliphatic carbocycles. The first-order valence-electron chi connectivity index (χ1n) is 7.54. The van der Waals surface area contributed by atoms with E-state index in [9.17, 15) is 4.79 Å². The van der Waals surface area contributed by atoms with E-state index in [-0.39, 0.29) is 6.54 Å². The quantitative estimate of drug-likeness (QED) is 0.632. The largest absolute Gasteiger partial charge is 0.465 e. The van der Waals surface area contributed by atoms with Crippen LogP contribution in [0.4, 0.5) is 0 Å². The van der Waals surface area contributed by atoms with E-state index in [1.54, 1.807) is 49.6 Å². The molecule has 3 rings (SSSR count). The topological polar surface area (TPSA) is 69.9 Å². The molecule has 0 unspecified atom stereocenters. The van der Waals surface area contributed by atoms with Gasteiger partial charge in [0.25, 0.3) is 0 Å². The van der Waals surface area contributed by atoms with Crippen molar-refractivity contribution in [2.45, 2.75) is 13.5 Å². The average molecular weight is 377 g/mol. The monoisotopic (exact) mass is 376 g/mol. The van der Waals surface area contributed by atoms with Gasteiger partial charge in [0, 0.05) is 33.6 Å². The van der Waals surface area contributed by atoms with Crippen LogP contribution < -0.4 is 0 Å². The summed E-state index contributed by atoms with van der Waals surface area (Å²) in [6.45, 7) is 1.98. The first-order chi connectivity index (χ1) is 12.1. The molecule has 0 bridgehead atoms. The van der Waals surface area contributed by atoms with E-state index >= 15 is 0 Å². The highest BCUT2D eigenvalue weighted by molar-refractivity contribution is 6.35. The highest BCUT2D eigenvalue weighted by atomic mass is 35.5. The Hall–Kier alpha value is -2.44. The molecule has 0 spiro atoms. The summed E-state index contributed by atoms with van der Waals surface area (Å²) in [5, 5.41) is 5.37. The van der Waals surface area contributed by atoms with Crippen molar-refractivity contribution in [2.24, 2.45) is 0 Å². The lowest BCUT2D eigenvalue weighted by molar-refractivity contribution is -0.144. The van der Waals surface area contributed by atoms with Crippen molar-refractivity contribution in [2.75, 3.05) is 6.61 Å². The Morgan fingerprint density at radius 2 is 1.80 bits per heavy atom. The van der Waals surface area contributed by atoms with Gasteiger partial charge >= 0.3 is 5.97 Å². The summed E-state index contributed by atoms with van der Waals surface area (Å²) in [4.78, 5) is 20.4. The van der Waals surface area contributed by atoms with E-state index in [1.165, 1.54) is 4.68 Å². The number of carbonyl (C=O) groups excluding carboxylic acids is 1. The molecule has 0 fully saturated rings. The van der Waals surface area contributed by atoms with Crippen molar-refractivity contribution in [3.8, 4) is 22.8 Å². The molecule has 0 radical (unpaired) electrons. The summed E-state index contributed by atoms with van der Waals surface area (Å²) in [6, 6.07) is 8.64. The van der Waals surface area contributed by atoms with Crippen LogP contribution in [0.3, 0.4) is 0 Å². The summed E-state index contributed by atoms with van der Waals surface area (Å²) in [5.74, 6) is 0.546. The van der Waals surface area contributed by atoms with Gasteiger partial charge in [0.15, 0.2) is 11.6 Å². The van der Waals surface area contributed by atoms with E-state index in [4.69, 9.17) is 27.9 Å². The Morgan fingerprint density at radius 1 is 1.12 bits per heavy atom.